The van der Waals surface area contributed by atoms with Crippen LogP contribution in [0.15, 0.2) is 48.5 Å². The molecular formula is C37H59NO2. The third-order valence-corrected chi connectivity index (χ3v) is 8.27. The molecule has 40 heavy (non-hydrogen) atoms. The Morgan fingerprint density at radius 1 is 0.550 bits per heavy atom. The number of anilines is 2. The SMILES string of the molecule is CCCCCCCCCCCCc1cccc(N(C(=O)O)c2ccccc2)c1CCCCCCCCCCCC. The summed E-state index contributed by atoms with van der Waals surface area (Å²) in [5.74, 6) is 0. The van der Waals surface area contributed by atoms with Crippen LogP contribution in [-0.4, -0.2) is 11.2 Å². The van der Waals surface area contributed by atoms with Crippen molar-refractivity contribution in [2.75, 3.05) is 4.90 Å². The number of benzene rings is 2. The highest BCUT2D eigenvalue weighted by Crippen LogP contribution is 2.33. The summed E-state index contributed by atoms with van der Waals surface area (Å²) >= 11 is 0. The molecule has 1 amide bonds. The number of carboxylic acid groups (broad SMARTS) is 1. The summed E-state index contributed by atoms with van der Waals surface area (Å²) in [6.07, 6.45) is 27.6. The standard InChI is InChI=1S/C37H59NO2/c1-3-5-7-9-11-13-15-17-19-22-27-33-28-26-32-36(38(37(39)40)34-29-23-21-24-30-34)35(33)31-25-20-18-16-14-12-10-8-6-4-2/h21,23-24,26,28-30,32H,3-20,22,25,27,31H2,1-2H3,(H,39,40). The summed E-state index contributed by atoms with van der Waals surface area (Å²) in [7, 11) is 0. The first-order chi connectivity index (χ1) is 19.7. The van der Waals surface area contributed by atoms with Gasteiger partial charge in [-0.1, -0.05) is 160 Å². The van der Waals surface area contributed by atoms with E-state index in [1.165, 1.54) is 138 Å². The number of amides is 1. The van der Waals surface area contributed by atoms with E-state index in [0.717, 1.165) is 30.6 Å². The number of nitrogens with zero attached hydrogens (tertiary/aromatic N) is 1. The quantitative estimate of drug-likeness (QED) is 0.132. The number of hydrogen-bond donors (Lipinski definition) is 1. The molecule has 0 aromatic heterocycles. The summed E-state index contributed by atoms with van der Waals surface area (Å²) in [5, 5.41) is 10.2. The maximum absolute atomic E-state index is 12.5. The van der Waals surface area contributed by atoms with Crippen LogP contribution in [0.4, 0.5) is 16.2 Å². The monoisotopic (exact) mass is 549 g/mol. The Morgan fingerprint density at radius 3 is 1.48 bits per heavy atom. The fourth-order valence-corrected chi connectivity index (χ4v) is 5.88. The smallest absolute Gasteiger partial charge is 0.416 e. The Hall–Kier alpha value is -2.29. The van der Waals surface area contributed by atoms with E-state index < -0.39 is 6.09 Å². The van der Waals surface area contributed by atoms with Crippen LogP contribution in [0.25, 0.3) is 0 Å². The largest absolute Gasteiger partial charge is 0.464 e. The summed E-state index contributed by atoms with van der Waals surface area (Å²) in [5.41, 5.74) is 4.15. The van der Waals surface area contributed by atoms with Crippen molar-refractivity contribution < 1.29 is 9.90 Å². The highest BCUT2D eigenvalue weighted by Gasteiger charge is 2.21. The number of hydrogen-bond acceptors (Lipinski definition) is 1. The minimum atomic E-state index is -0.911. The van der Waals surface area contributed by atoms with Crippen LogP contribution in [0, 0.1) is 0 Å². The Morgan fingerprint density at radius 2 is 1.00 bits per heavy atom. The fourth-order valence-electron chi connectivity index (χ4n) is 5.88. The molecule has 2 aromatic rings. The Kier molecular flexibility index (Phi) is 19.0. The molecule has 0 aliphatic rings. The lowest BCUT2D eigenvalue weighted by molar-refractivity contribution is 0.204. The first kappa shape index (κ1) is 33.9. The van der Waals surface area contributed by atoms with Crippen LogP contribution in [0.1, 0.15) is 153 Å². The van der Waals surface area contributed by atoms with Crippen molar-refractivity contribution in [3.8, 4) is 0 Å². The van der Waals surface area contributed by atoms with Crippen molar-refractivity contribution in [2.24, 2.45) is 0 Å². The van der Waals surface area contributed by atoms with Crippen molar-refractivity contribution >= 4 is 17.5 Å². The van der Waals surface area contributed by atoms with Crippen LogP contribution in [0.2, 0.25) is 0 Å². The Balaban J connectivity index is 1.95. The predicted octanol–water partition coefficient (Wildman–Crippen LogP) is 12.4. The molecule has 0 aliphatic carbocycles. The van der Waals surface area contributed by atoms with E-state index in [2.05, 4.69) is 26.0 Å². The minimum Gasteiger partial charge on any atom is -0.464 e. The first-order valence-electron chi connectivity index (χ1n) is 16.9. The van der Waals surface area contributed by atoms with E-state index in [0.29, 0.717) is 0 Å². The fraction of sp³-hybridized carbons (Fsp3) is 0.649. The van der Waals surface area contributed by atoms with Crippen LogP contribution < -0.4 is 4.90 Å². The van der Waals surface area contributed by atoms with Crippen LogP contribution >= 0.6 is 0 Å². The van der Waals surface area contributed by atoms with Crippen molar-refractivity contribution in [1.29, 1.82) is 0 Å². The molecule has 0 atom stereocenters. The van der Waals surface area contributed by atoms with Gasteiger partial charge in [0, 0.05) is 0 Å². The normalized spacial score (nSPS) is 11.2. The number of para-hydroxylation sites is 1. The van der Waals surface area contributed by atoms with Crippen molar-refractivity contribution in [1.82, 2.24) is 0 Å². The zero-order chi connectivity index (χ0) is 28.7. The molecule has 0 saturated heterocycles. The number of carbonyl (C=O) groups is 1. The first-order valence-corrected chi connectivity index (χ1v) is 16.9. The van der Waals surface area contributed by atoms with Gasteiger partial charge in [-0.2, -0.15) is 0 Å². The average molecular weight is 550 g/mol. The third-order valence-electron chi connectivity index (χ3n) is 8.27. The molecule has 0 saturated carbocycles. The van der Waals surface area contributed by atoms with Gasteiger partial charge in [-0.15, -0.1) is 0 Å². The molecule has 3 heteroatoms. The number of aryl methyl sites for hydroxylation is 1. The highest BCUT2D eigenvalue weighted by atomic mass is 16.4. The Labute approximate surface area is 246 Å². The molecule has 224 valence electrons. The second-order valence-corrected chi connectivity index (χ2v) is 11.7. The molecule has 1 N–H and O–H groups in total. The van der Waals surface area contributed by atoms with Gasteiger partial charge in [0.25, 0.3) is 0 Å². The van der Waals surface area contributed by atoms with Gasteiger partial charge in [-0.05, 0) is 55.0 Å². The maximum Gasteiger partial charge on any atom is 0.416 e. The van der Waals surface area contributed by atoms with E-state index in [1.54, 1.807) is 0 Å². The lowest BCUT2D eigenvalue weighted by Crippen LogP contribution is -2.25. The molecule has 0 spiro atoms. The number of rotatable bonds is 24. The van der Waals surface area contributed by atoms with E-state index in [1.807, 2.05) is 36.4 Å². The summed E-state index contributed by atoms with van der Waals surface area (Å²) in [6, 6.07) is 15.9. The molecule has 2 aromatic carbocycles. The van der Waals surface area contributed by atoms with E-state index in [-0.39, 0.29) is 0 Å². The van der Waals surface area contributed by atoms with Gasteiger partial charge in [0.15, 0.2) is 0 Å². The van der Waals surface area contributed by atoms with Gasteiger partial charge in [0.2, 0.25) is 0 Å². The topological polar surface area (TPSA) is 40.5 Å². The molecule has 3 nitrogen and oxygen atoms in total. The zero-order valence-corrected chi connectivity index (χ0v) is 26.0. The summed E-state index contributed by atoms with van der Waals surface area (Å²) < 4.78 is 0. The van der Waals surface area contributed by atoms with E-state index >= 15 is 0 Å². The third kappa shape index (κ3) is 13.9. The average Bonchev–Trinajstić information content (AvgIpc) is 2.96. The van der Waals surface area contributed by atoms with E-state index in [4.69, 9.17) is 0 Å². The Bertz CT molecular complexity index is 894. The van der Waals surface area contributed by atoms with Gasteiger partial charge >= 0.3 is 6.09 Å². The maximum atomic E-state index is 12.5. The van der Waals surface area contributed by atoms with Crippen molar-refractivity contribution in [3.05, 3.63) is 59.7 Å². The van der Waals surface area contributed by atoms with E-state index in [9.17, 15) is 9.90 Å². The summed E-state index contributed by atoms with van der Waals surface area (Å²) in [4.78, 5) is 14.0. The zero-order valence-electron chi connectivity index (χ0n) is 26.0. The molecule has 0 unspecified atom stereocenters. The van der Waals surface area contributed by atoms with Crippen LogP contribution in [0.3, 0.4) is 0 Å². The van der Waals surface area contributed by atoms with Gasteiger partial charge in [-0.25, -0.2) is 9.69 Å². The second-order valence-electron chi connectivity index (χ2n) is 11.7. The highest BCUT2D eigenvalue weighted by molar-refractivity contribution is 5.95. The molecule has 0 radical (unpaired) electrons. The number of unbranched alkanes of at least 4 members (excludes halogenated alkanes) is 18. The van der Waals surface area contributed by atoms with Crippen LogP contribution in [0.5, 0.6) is 0 Å². The second kappa shape index (κ2) is 22.4. The minimum absolute atomic E-state index is 0.718. The van der Waals surface area contributed by atoms with Gasteiger partial charge in [0.1, 0.15) is 0 Å². The predicted molar refractivity (Wildman–Crippen MR) is 174 cm³/mol. The summed E-state index contributed by atoms with van der Waals surface area (Å²) in [6.45, 7) is 4.55. The lowest BCUT2D eigenvalue weighted by atomic mass is 9.94. The molecule has 0 bridgehead atoms. The lowest BCUT2D eigenvalue weighted by Gasteiger charge is -2.24. The van der Waals surface area contributed by atoms with Gasteiger partial charge in [-0.3, -0.25) is 0 Å². The van der Waals surface area contributed by atoms with Crippen LogP contribution in [-0.2, 0) is 12.8 Å². The molecule has 0 fully saturated rings. The van der Waals surface area contributed by atoms with Crippen molar-refractivity contribution in [2.45, 2.75) is 155 Å². The van der Waals surface area contributed by atoms with Gasteiger partial charge < -0.3 is 5.11 Å². The molecule has 0 heterocycles. The molecule has 2 rings (SSSR count). The molecule has 0 aliphatic heterocycles. The van der Waals surface area contributed by atoms with Crippen molar-refractivity contribution in [3.63, 3.8) is 0 Å². The molecular weight excluding hydrogens is 490 g/mol. The van der Waals surface area contributed by atoms with Gasteiger partial charge in [0.05, 0.1) is 11.4 Å².